The molecule has 4 nitrogen and oxygen atoms in total. The zero-order valence-electron chi connectivity index (χ0n) is 8.10. The lowest BCUT2D eigenvalue weighted by Gasteiger charge is -2.16. The number of aromatic carboxylic acids is 1. The molecule has 6 heteroatoms. The molecule has 0 aromatic heterocycles. The third-order valence-electron chi connectivity index (χ3n) is 2.03. The molecule has 2 atom stereocenters. The van der Waals surface area contributed by atoms with E-state index in [1.807, 2.05) is 0 Å². The summed E-state index contributed by atoms with van der Waals surface area (Å²) in [7, 11) is 0. The Morgan fingerprint density at radius 1 is 1.38 bits per heavy atom. The van der Waals surface area contributed by atoms with E-state index in [2.05, 4.69) is 15.9 Å². The monoisotopic (exact) mass is 308 g/mol. The first-order valence-electron chi connectivity index (χ1n) is 4.41. The van der Waals surface area contributed by atoms with E-state index in [1.54, 1.807) is 0 Å². The van der Waals surface area contributed by atoms with E-state index < -0.39 is 18.2 Å². The van der Waals surface area contributed by atoms with Crippen LogP contribution in [0.1, 0.15) is 22.0 Å². The van der Waals surface area contributed by atoms with E-state index >= 15 is 0 Å². The smallest absolute Gasteiger partial charge is 0.335 e. The van der Waals surface area contributed by atoms with Gasteiger partial charge in [0, 0.05) is 10.4 Å². The summed E-state index contributed by atoms with van der Waals surface area (Å²) >= 11 is 8.74. The van der Waals surface area contributed by atoms with E-state index in [4.69, 9.17) is 16.7 Å². The van der Waals surface area contributed by atoms with Crippen LogP contribution in [0.25, 0.3) is 0 Å². The molecule has 0 aliphatic carbocycles. The maximum atomic E-state index is 10.8. The van der Waals surface area contributed by atoms with Gasteiger partial charge in [-0.25, -0.2) is 4.79 Å². The number of hydrogen-bond donors (Lipinski definition) is 3. The zero-order valence-corrected chi connectivity index (χ0v) is 10.4. The lowest BCUT2D eigenvalue weighted by molar-refractivity contribution is 0.0341. The standard InChI is InChI=1S/C10H10BrClO4/c11-4-8(13)9(14)5-1-6(10(15)16)3-7(12)2-5/h1-3,8-9,13-14H,4H2,(H,15,16). The van der Waals surface area contributed by atoms with Crippen LogP contribution in [0.4, 0.5) is 0 Å². The lowest BCUT2D eigenvalue weighted by atomic mass is 10.0. The van der Waals surface area contributed by atoms with Gasteiger partial charge in [-0.1, -0.05) is 27.5 Å². The minimum Gasteiger partial charge on any atom is -0.478 e. The summed E-state index contributed by atoms with van der Waals surface area (Å²) in [4.78, 5) is 10.8. The predicted octanol–water partition coefficient (Wildman–Crippen LogP) is 1.83. The highest BCUT2D eigenvalue weighted by molar-refractivity contribution is 9.09. The Kier molecular flexibility index (Phi) is 4.73. The van der Waals surface area contributed by atoms with Gasteiger partial charge in [-0.15, -0.1) is 0 Å². The summed E-state index contributed by atoms with van der Waals surface area (Å²) < 4.78 is 0. The SMILES string of the molecule is O=C(O)c1cc(Cl)cc(C(O)C(O)CBr)c1. The lowest BCUT2D eigenvalue weighted by Crippen LogP contribution is -2.19. The Labute approximate surface area is 106 Å². The third kappa shape index (κ3) is 3.18. The summed E-state index contributed by atoms with van der Waals surface area (Å²) in [5.74, 6) is -1.13. The Balaban J connectivity index is 3.09. The maximum Gasteiger partial charge on any atom is 0.335 e. The second-order valence-corrected chi connectivity index (χ2v) is 4.33. The summed E-state index contributed by atoms with van der Waals surface area (Å²) in [6.45, 7) is 0. The van der Waals surface area contributed by atoms with Crippen LogP contribution in [-0.4, -0.2) is 32.7 Å². The highest BCUT2D eigenvalue weighted by Gasteiger charge is 2.19. The molecule has 0 saturated carbocycles. The fourth-order valence-electron chi connectivity index (χ4n) is 1.21. The zero-order chi connectivity index (χ0) is 12.3. The fraction of sp³-hybridized carbons (Fsp3) is 0.300. The van der Waals surface area contributed by atoms with Crippen molar-refractivity contribution >= 4 is 33.5 Å². The number of halogens is 2. The van der Waals surface area contributed by atoms with E-state index in [9.17, 15) is 15.0 Å². The molecule has 0 saturated heterocycles. The first kappa shape index (κ1) is 13.4. The molecule has 1 aromatic rings. The maximum absolute atomic E-state index is 10.8. The van der Waals surface area contributed by atoms with Crippen LogP contribution in [0.5, 0.6) is 0 Å². The number of aliphatic hydroxyl groups is 2. The van der Waals surface area contributed by atoms with Crippen LogP contribution < -0.4 is 0 Å². The number of rotatable bonds is 4. The molecule has 0 spiro atoms. The van der Waals surface area contributed by atoms with Crippen LogP contribution in [0.15, 0.2) is 18.2 Å². The largest absolute Gasteiger partial charge is 0.478 e. The van der Waals surface area contributed by atoms with Crippen LogP contribution >= 0.6 is 27.5 Å². The summed E-state index contributed by atoms with van der Waals surface area (Å²) in [5, 5.41) is 28.3. The molecule has 0 amide bonds. The molecular weight excluding hydrogens is 299 g/mol. The normalized spacial score (nSPS) is 14.5. The van der Waals surface area contributed by atoms with Gasteiger partial charge in [0.2, 0.25) is 0 Å². The van der Waals surface area contributed by atoms with Gasteiger partial charge in [-0.2, -0.15) is 0 Å². The molecule has 88 valence electrons. The Bertz CT molecular complexity index is 396. The van der Waals surface area contributed by atoms with Crippen molar-refractivity contribution in [3.63, 3.8) is 0 Å². The average molecular weight is 310 g/mol. The number of alkyl halides is 1. The number of hydrogen-bond acceptors (Lipinski definition) is 3. The molecule has 2 unspecified atom stereocenters. The molecule has 16 heavy (non-hydrogen) atoms. The van der Waals surface area contributed by atoms with Gasteiger partial charge in [0.25, 0.3) is 0 Å². The van der Waals surface area contributed by atoms with E-state index in [1.165, 1.54) is 18.2 Å². The second-order valence-electron chi connectivity index (χ2n) is 3.24. The summed E-state index contributed by atoms with van der Waals surface area (Å²) in [5.41, 5.74) is 0.250. The number of carboxylic acid groups (broad SMARTS) is 1. The van der Waals surface area contributed by atoms with Crippen molar-refractivity contribution in [2.24, 2.45) is 0 Å². The van der Waals surface area contributed by atoms with Gasteiger partial charge >= 0.3 is 5.97 Å². The van der Waals surface area contributed by atoms with Crippen molar-refractivity contribution in [3.05, 3.63) is 34.3 Å². The predicted molar refractivity (Wildman–Crippen MR) is 63.2 cm³/mol. The minimum atomic E-state index is -1.17. The molecular formula is C10H10BrClO4. The van der Waals surface area contributed by atoms with Gasteiger partial charge in [-0.3, -0.25) is 0 Å². The molecule has 0 heterocycles. The van der Waals surface area contributed by atoms with Gasteiger partial charge in [0.1, 0.15) is 6.10 Å². The molecule has 0 aliphatic rings. The Morgan fingerprint density at radius 3 is 2.50 bits per heavy atom. The molecule has 0 bridgehead atoms. The highest BCUT2D eigenvalue weighted by Crippen LogP contribution is 2.23. The third-order valence-corrected chi connectivity index (χ3v) is 2.91. The second kappa shape index (κ2) is 5.63. The number of aliphatic hydroxyl groups excluding tert-OH is 2. The summed E-state index contributed by atoms with van der Waals surface area (Å²) in [6, 6.07) is 3.98. The van der Waals surface area contributed by atoms with Crippen molar-refractivity contribution in [2.45, 2.75) is 12.2 Å². The fourth-order valence-corrected chi connectivity index (χ4v) is 1.81. The van der Waals surface area contributed by atoms with Gasteiger partial charge in [-0.05, 0) is 23.8 Å². The molecule has 0 radical (unpaired) electrons. The van der Waals surface area contributed by atoms with Crippen molar-refractivity contribution in [2.75, 3.05) is 5.33 Å². The van der Waals surface area contributed by atoms with Gasteiger partial charge < -0.3 is 15.3 Å². The van der Waals surface area contributed by atoms with Crippen LogP contribution in [0, 0.1) is 0 Å². The number of benzene rings is 1. The molecule has 1 aromatic carbocycles. The number of carbonyl (C=O) groups is 1. The quantitative estimate of drug-likeness (QED) is 0.742. The van der Waals surface area contributed by atoms with E-state index in [0.717, 1.165) is 0 Å². The number of carboxylic acids is 1. The minimum absolute atomic E-state index is 0.0247. The average Bonchev–Trinajstić information content (AvgIpc) is 2.26. The van der Waals surface area contributed by atoms with Crippen molar-refractivity contribution in [1.29, 1.82) is 0 Å². The molecule has 0 fully saturated rings. The van der Waals surface area contributed by atoms with Gasteiger partial charge in [0.05, 0.1) is 11.7 Å². The molecule has 0 aliphatic heterocycles. The van der Waals surface area contributed by atoms with E-state index in [0.29, 0.717) is 0 Å². The first-order chi connectivity index (χ1) is 7.45. The topological polar surface area (TPSA) is 77.8 Å². The first-order valence-corrected chi connectivity index (χ1v) is 5.91. The molecule has 1 rings (SSSR count). The van der Waals surface area contributed by atoms with Crippen molar-refractivity contribution in [1.82, 2.24) is 0 Å². The van der Waals surface area contributed by atoms with Crippen molar-refractivity contribution in [3.8, 4) is 0 Å². The van der Waals surface area contributed by atoms with Crippen LogP contribution in [-0.2, 0) is 0 Å². The van der Waals surface area contributed by atoms with Gasteiger partial charge in [0.15, 0.2) is 0 Å². The van der Waals surface area contributed by atoms with Crippen molar-refractivity contribution < 1.29 is 20.1 Å². The van der Waals surface area contributed by atoms with E-state index in [-0.39, 0.29) is 21.5 Å². The Morgan fingerprint density at radius 2 is 2.00 bits per heavy atom. The van der Waals surface area contributed by atoms with Crippen LogP contribution in [0.3, 0.4) is 0 Å². The summed E-state index contributed by atoms with van der Waals surface area (Å²) in [6.07, 6.45) is -2.18. The van der Waals surface area contributed by atoms with Crippen LogP contribution in [0.2, 0.25) is 5.02 Å². The highest BCUT2D eigenvalue weighted by atomic mass is 79.9. The molecule has 3 N–H and O–H groups in total. The Hall–Kier alpha value is -0.620.